The van der Waals surface area contributed by atoms with Crippen molar-refractivity contribution in [3.63, 3.8) is 0 Å². The number of rotatable bonds is 3. The van der Waals surface area contributed by atoms with Crippen LogP contribution in [0.15, 0.2) is 84.9 Å². The molecule has 2 fully saturated rings. The van der Waals surface area contributed by atoms with Gasteiger partial charge in [0, 0.05) is 28.4 Å². The van der Waals surface area contributed by atoms with Crippen molar-refractivity contribution in [3.05, 3.63) is 107 Å². The SMILES string of the molecule is COc1ccc(C(=O)[C@H]2C3CCCN3[C@@]3(C(=O)Nc4ccccc43)[C@]23C(=O)c2cccc4cccc3c24)cc1. The van der Waals surface area contributed by atoms with E-state index < -0.39 is 16.9 Å². The summed E-state index contributed by atoms with van der Waals surface area (Å²) in [7, 11) is 1.59. The van der Waals surface area contributed by atoms with Gasteiger partial charge in [-0.05, 0) is 66.1 Å². The molecule has 8 rings (SSSR count). The highest BCUT2D eigenvalue weighted by Gasteiger charge is 2.80. The Morgan fingerprint density at radius 2 is 1.67 bits per heavy atom. The number of ether oxygens (including phenoxy) is 1. The zero-order valence-corrected chi connectivity index (χ0v) is 21.4. The van der Waals surface area contributed by atoms with Gasteiger partial charge in [0.25, 0.3) is 5.91 Å². The highest BCUT2D eigenvalue weighted by molar-refractivity contribution is 6.27. The molecule has 0 saturated carbocycles. The summed E-state index contributed by atoms with van der Waals surface area (Å²) in [5, 5.41) is 4.93. The van der Waals surface area contributed by atoms with Crippen molar-refractivity contribution in [1.82, 2.24) is 4.90 Å². The van der Waals surface area contributed by atoms with Crippen molar-refractivity contribution in [3.8, 4) is 5.75 Å². The number of anilines is 1. The first kappa shape index (κ1) is 22.7. The molecule has 1 amide bonds. The van der Waals surface area contributed by atoms with E-state index in [2.05, 4.69) is 10.2 Å². The van der Waals surface area contributed by atoms with Crippen molar-refractivity contribution < 1.29 is 19.1 Å². The molecular formula is C33H26N2O4. The maximum absolute atomic E-state index is 15.1. The fraction of sp³-hybridized carbons (Fsp3) is 0.242. The average Bonchev–Trinajstić information content (AvgIpc) is 3.68. The van der Waals surface area contributed by atoms with Gasteiger partial charge in [-0.1, -0.05) is 54.6 Å². The second kappa shape index (κ2) is 7.64. The Hall–Kier alpha value is -4.29. The average molecular weight is 515 g/mol. The van der Waals surface area contributed by atoms with E-state index in [1.807, 2.05) is 60.7 Å². The van der Waals surface area contributed by atoms with Gasteiger partial charge in [-0.2, -0.15) is 0 Å². The van der Waals surface area contributed by atoms with Crippen molar-refractivity contribution in [1.29, 1.82) is 0 Å². The number of hydrogen-bond donors (Lipinski definition) is 1. The number of benzene rings is 4. The molecule has 4 aliphatic rings. The fourth-order valence-corrected chi connectivity index (χ4v) is 8.38. The number of nitrogens with zero attached hydrogens (tertiary/aromatic N) is 1. The maximum atomic E-state index is 15.1. The van der Waals surface area contributed by atoms with Gasteiger partial charge in [0.05, 0.1) is 13.0 Å². The lowest BCUT2D eigenvalue weighted by Gasteiger charge is -2.44. The molecule has 6 heteroatoms. The number of hydrogen-bond acceptors (Lipinski definition) is 5. The van der Waals surface area contributed by atoms with Crippen molar-refractivity contribution in [2.75, 3.05) is 19.0 Å². The smallest absolute Gasteiger partial charge is 0.251 e. The van der Waals surface area contributed by atoms with Crippen LogP contribution in [0.5, 0.6) is 5.75 Å². The second-order valence-corrected chi connectivity index (χ2v) is 11.0. The molecule has 0 radical (unpaired) electrons. The van der Waals surface area contributed by atoms with Gasteiger partial charge < -0.3 is 10.1 Å². The number of carbonyl (C=O) groups excluding carboxylic acids is 3. The van der Waals surface area contributed by atoms with Crippen LogP contribution in [0, 0.1) is 5.92 Å². The summed E-state index contributed by atoms with van der Waals surface area (Å²) in [6, 6.07) is 26.2. The molecule has 1 aliphatic carbocycles. The van der Waals surface area contributed by atoms with Crippen LogP contribution >= 0.6 is 0 Å². The molecule has 3 heterocycles. The van der Waals surface area contributed by atoms with Crippen molar-refractivity contribution >= 4 is 33.9 Å². The molecule has 6 nitrogen and oxygen atoms in total. The minimum Gasteiger partial charge on any atom is -0.497 e. The van der Waals surface area contributed by atoms with Gasteiger partial charge in [-0.3, -0.25) is 19.3 Å². The van der Waals surface area contributed by atoms with E-state index >= 15 is 4.79 Å². The Morgan fingerprint density at radius 1 is 0.923 bits per heavy atom. The summed E-state index contributed by atoms with van der Waals surface area (Å²) in [6.07, 6.45) is 1.60. The second-order valence-electron chi connectivity index (χ2n) is 11.0. The zero-order valence-electron chi connectivity index (χ0n) is 21.4. The minimum absolute atomic E-state index is 0.109. The van der Waals surface area contributed by atoms with E-state index in [-0.39, 0.29) is 23.5 Å². The molecule has 4 atom stereocenters. The van der Waals surface area contributed by atoms with Gasteiger partial charge in [0.1, 0.15) is 16.7 Å². The summed E-state index contributed by atoms with van der Waals surface area (Å²) >= 11 is 0. The molecule has 4 aromatic carbocycles. The topological polar surface area (TPSA) is 75.7 Å². The first-order chi connectivity index (χ1) is 19.0. The molecule has 0 aromatic heterocycles. The number of fused-ring (bicyclic) bond motifs is 6. The highest BCUT2D eigenvalue weighted by Crippen LogP contribution is 2.68. The molecule has 4 aromatic rings. The Bertz CT molecular complexity index is 1740. The zero-order chi connectivity index (χ0) is 26.5. The quantitative estimate of drug-likeness (QED) is 0.385. The van der Waals surface area contributed by atoms with Crippen LogP contribution in [0.3, 0.4) is 0 Å². The van der Waals surface area contributed by atoms with E-state index in [9.17, 15) is 9.59 Å². The van der Waals surface area contributed by atoms with Crippen LogP contribution in [0.2, 0.25) is 0 Å². The van der Waals surface area contributed by atoms with E-state index in [1.54, 1.807) is 31.4 Å². The number of nitrogens with one attached hydrogen (secondary N) is 1. The lowest BCUT2D eigenvalue weighted by atomic mass is 9.56. The van der Waals surface area contributed by atoms with Crippen LogP contribution in [0.1, 0.15) is 44.7 Å². The normalized spacial score (nSPS) is 28.3. The van der Waals surface area contributed by atoms with E-state index in [0.29, 0.717) is 29.1 Å². The predicted molar refractivity (Wildman–Crippen MR) is 147 cm³/mol. The molecule has 0 bridgehead atoms. The Balaban J connectivity index is 1.50. The summed E-state index contributed by atoms with van der Waals surface area (Å²) in [4.78, 5) is 46.6. The minimum atomic E-state index is -1.41. The first-order valence-electron chi connectivity index (χ1n) is 13.5. The Kier molecular flexibility index (Phi) is 4.44. The lowest BCUT2D eigenvalue weighted by molar-refractivity contribution is -0.128. The molecule has 2 spiro atoms. The van der Waals surface area contributed by atoms with Crippen LogP contribution in [0.4, 0.5) is 5.69 Å². The first-order valence-corrected chi connectivity index (χ1v) is 13.5. The Labute approximate surface area is 225 Å². The van der Waals surface area contributed by atoms with Crippen molar-refractivity contribution in [2.24, 2.45) is 5.92 Å². The molecule has 1 N–H and O–H groups in total. The number of Topliss-reactive ketones (excluding diaryl/α,β-unsaturated/α-hetero) is 2. The van der Waals surface area contributed by atoms with Gasteiger partial charge in [-0.25, -0.2) is 0 Å². The number of ketones is 2. The monoisotopic (exact) mass is 514 g/mol. The molecule has 39 heavy (non-hydrogen) atoms. The molecule has 1 unspecified atom stereocenters. The van der Waals surface area contributed by atoms with Crippen LogP contribution in [0.25, 0.3) is 10.8 Å². The van der Waals surface area contributed by atoms with Crippen LogP contribution < -0.4 is 10.1 Å². The maximum Gasteiger partial charge on any atom is 0.251 e. The van der Waals surface area contributed by atoms with E-state index in [1.165, 1.54) is 0 Å². The van der Waals surface area contributed by atoms with E-state index in [0.717, 1.165) is 34.7 Å². The molecule has 192 valence electrons. The fourth-order valence-electron chi connectivity index (χ4n) is 8.38. The number of carbonyl (C=O) groups is 3. The third-order valence-electron chi connectivity index (χ3n) is 9.64. The van der Waals surface area contributed by atoms with Gasteiger partial charge in [0.2, 0.25) is 0 Å². The van der Waals surface area contributed by atoms with Gasteiger partial charge in [-0.15, -0.1) is 0 Å². The van der Waals surface area contributed by atoms with E-state index in [4.69, 9.17) is 4.74 Å². The van der Waals surface area contributed by atoms with Gasteiger partial charge in [0.15, 0.2) is 11.6 Å². The predicted octanol–water partition coefficient (Wildman–Crippen LogP) is 5.11. The standard InChI is InChI=1S/C33H26N2O4/c1-39-21-16-14-20(15-17-21)29(36)28-26-13-6-18-35(26)33(23-10-2-3-12-25(23)34-31(33)38)32(28)24-11-5-8-19-7-4-9-22(27(19)24)30(32)37/h2-5,7-12,14-17,26,28H,6,13,18H2,1H3,(H,34,38)/t26?,28-,32+,33+/m1/s1. The number of methoxy groups -OCH3 is 1. The summed E-state index contributed by atoms with van der Waals surface area (Å²) < 4.78 is 5.34. The number of amides is 1. The third kappa shape index (κ3) is 2.45. The van der Waals surface area contributed by atoms with Crippen LogP contribution in [-0.4, -0.2) is 42.1 Å². The Morgan fingerprint density at radius 3 is 2.46 bits per heavy atom. The summed E-state index contributed by atoms with van der Waals surface area (Å²) in [6.45, 7) is 0.639. The lowest BCUT2D eigenvalue weighted by Crippen LogP contribution is -2.62. The molecule has 2 saturated heterocycles. The third-order valence-corrected chi connectivity index (χ3v) is 9.64. The van der Waals surface area contributed by atoms with Gasteiger partial charge >= 0.3 is 0 Å². The largest absolute Gasteiger partial charge is 0.497 e. The molecule has 3 aliphatic heterocycles. The molecular weight excluding hydrogens is 488 g/mol. The highest BCUT2D eigenvalue weighted by atomic mass is 16.5. The summed E-state index contributed by atoms with van der Waals surface area (Å²) in [5.41, 5.74) is 0.650. The summed E-state index contributed by atoms with van der Waals surface area (Å²) in [5.74, 6) is -0.552. The van der Waals surface area contributed by atoms with Crippen molar-refractivity contribution in [2.45, 2.75) is 29.8 Å². The number of para-hydroxylation sites is 1. The van der Waals surface area contributed by atoms with Crippen LogP contribution in [-0.2, 0) is 15.7 Å².